The fourth-order valence-electron chi connectivity index (χ4n) is 2.60. The lowest BCUT2D eigenvalue weighted by atomic mass is 9.85. The molecule has 1 aromatic rings. The summed E-state index contributed by atoms with van der Waals surface area (Å²) >= 11 is 0. The van der Waals surface area contributed by atoms with Gasteiger partial charge in [0, 0.05) is 18.3 Å². The van der Waals surface area contributed by atoms with E-state index in [9.17, 15) is 4.79 Å². The van der Waals surface area contributed by atoms with Gasteiger partial charge >= 0.3 is 0 Å². The van der Waals surface area contributed by atoms with E-state index in [0.717, 1.165) is 17.7 Å². The molecule has 0 fully saturated rings. The molecule has 1 aromatic carbocycles. The molecule has 0 spiro atoms. The van der Waals surface area contributed by atoms with Crippen LogP contribution in [0.3, 0.4) is 0 Å². The predicted molar refractivity (Wildman–Crippen MR) is 82.0 cm³/mol. The van der Waals surface area contributed by atoms with Gasteiger partial charge in [-0.1, -0.05) is 26.8 Å². The van der Waals surface area contributed by atoms with E-state index in [1.165, 1.54) is 5.56 Å². The number of benzene rings is 1. The molecule has 20 heavy (non-hydrogen) atoms. The summed E-state index contributed by atoms with van der Waals surface area (Å²) in [7, 11) is 0. The van der Waals surface area contributed by atoms with Gasteiger partial charge in [-0.05, 0) is 42.0 Å². The van der Waals surface area contributed by atoms with Crippen molar-refractivity contribution in [3.05, 3.63) is 29.3 Å². The molecule has 2 rings (SSSR count). The van der Waals surface area contributed by atoms with Gasteiger partial charge in [0.1, 0.15) is 0 Å². The number of nitrogen functional groups attached to an aromatic ring is 1. The zero-order chi connectivity index (χ0) is 15.1. The first-order valence-electron chi connectivity index (χ1n) is 7.13. The number of nitrogens with zero attached hydrogens (tertiary/aromatic N) is 1. The average Bonchev–Trinajstić information content (AvgIpc) is 2.35. The van der Waals surface area contributed by atoms with Gasteiger partial charge in [0.25, 0.3) is 0 Å². The zero-order valence-corrected chi connectivity index (χ0v) is 12.8. The van der Waals surface area contributed by atoms with Gasteiger partial charge in [-0.25, -0.2) is 0 Å². The molecular formula is C16H25N3O. The van der Waals surface area contributed by atoms with Gasteiger partial charge < -0.3 is 16.4 Å². The van der Waals surface area contributed by atoms with Crippen LogP contribution in [0.15, 0.2) is 18.2 Å². The van der Waals surface area contributed by atoms with Gasteiger partial charge in [0.15, 0.2) is 0 Å². The highest BCUT2D eigenvalue weighted by Gasteiger charge is 2.35. The SMILES string of the molecule is CC1Cc2ccc(N)cc2CN1C(=O)C(N)C(C)(C)C. The number of hydrogen-bond acceptors (Lipinski definition) is 3. The summed E-state index contributed by atoms with van der Waals surface area (Å²) in [6, 6.07) is 5.64. The monoisotopic (exact) mass is 275 g/mol. The first-order chi connectivity index (χ1) is 9.20. The van der Waals surface area contributed by atoms with E-state index in [1.807, 2.05) is 37.8 Å². The van der Waals surface area contributed by atoms with Crippen molar-refractivity contribution in [2.24, 2.45) is 11.1 Å². The Hall–Kier alpha value is -1.55. The van der Waals surface area contributed by atoms with E-state index in [-0.39, 0.29) is 17.4 Å². The summed E-state index contributed by atoms with van der Waals surface area (Å²) in [5, 5.41) is 0. The number of nitrogens with two attached hydrogens (primary N) is 2. The lowest BCUT2D eigenvalue weighted by molar-refractivity contribution is -0.138. The van der Waals surface area contributed by atoms with Crippen LogP contribution < -0.4 is 11.5 Å². The Labute approximate surface area is 121 Å². The van der Waals surface area contributed by atoms with Crippen molar-refractivity contribution in [2.75, 3.05) is 5.73 Å². The fraction of sp³-hybridized carbons (Fsp3) is 0.562. The lowest BCUT2D eigenvalue weighted by Gasteiger charge is -2.39. The first kappa shape index (κ1) is 14.9. The van der Waals surface area contributed by atoms with Crippen molar-refractivity contribution in [1.29, 1.82) is 0 Å². The van der Waals surface area contributed by atoms with Crippen molar-refractivity contribution in [3.63, 3.8) is 0 Å². The van der Waals surface area contributed by atoms with Gasteiger partial charge in [0.05, 0.1) is 6.04 Å². The molecule has 4 nitrogen and oxygen atoms in total. The largest absolute Gasteiger partial charge is 0.399 e. The number of fused-ring (bicyclic) bond motifs is 1. The second-order valence-electron chi connectivity index (χ2n) is 6.89. The van der Waals surface area contributed by atoms with Crippen molar-refractivity contribution < 1.29 is 4.79 Å². The number of carbonyl (C=O) groups excluding carboxylic acids is 1. The summed E-state index contributed by atoms with van der Waals surface area (Å²) in [4.78, 5) is 14.5. The Morgan fingerprint density at radius 2 is 2.00 bits per heavy atom. The van der Waals surface area contributed by atoms with Crippen LogP contribution in [0.2, 0.25) is 0 Å². The molecule has 0 aromatic heterocycles. The van der Waals surface area contributed by atoms with Crippen LogP contribution >= 0.6 is 0 Å². The molecule has 0 aliphatic carbocycles. The summed E-state index contributed by atoms with van der Waals surface area (Å²) in [6.07, 6.45) is 0.859. The second kappa shape index (κ2) is 5.09. The van der Waals surface area contributed by atoms with Crippen molar-refractivity contribution >= 4 is 11.6 Å². The standard InChI is InChI=1S/C16H25N3O/c1-10-7-11-5-6-13(17)8-12(11)9-19(10)15(20)14(18)16(2,3)4/h5-6,8,10,14H,7,9,17-18H2,1-4H3. The van der Waals surface area contributed by atoms with Crippen LogP contribution in [-0.2, 0) is 17.8 Å². The fourth-order valence-corrected chi connectivity index (χ4v) is 2.60. The third-order valence-corrected chi connectivity index (χ3v) is 4.10. The van der Waals surface area contributed by atoms with Crippen LogP contribution in [0, 0.1) is 5.41 Å². The molecule has 0 bridgehead atoms. The van der Waals surface area contributed by atoms with E-state index < -0.39 is 6.04 Å². The van der Waals surface area contributed by atoms with Crippen LogP contribution in [0.1, 0.15) is 38.8 Å². The summed E-state index contributed by atoms with van der Waals surface area (Å²) in [5.74, 6) is 0.0260. The molecule has 1 aliphatic rings. The molecule has 0 saturated carbocycles. The van der Waals surface area contributed by atoms with Crippen LogP contribution in [0.5, 0.6) is 0 Å². The van der Waals surface area contributed by atoms with Crippen molar-refractivity contribution in [2.45, 2.75) is 52.7 Å². The number of hydrogen-bond donors (Lipinski definition) is 2. The van der Waals surface area contributed by atoms with E-state index in [1.54, 1.807) is 0 Å². The van der Waals surface area contributed by atoms with Crippen LogP contribution in [-0.4, -0.2) is 22.9 Å². The molecule has 0 radical (unpaired) electrons. The predicted octanol–water partition coefficient (Wildman–Crippen LogP) is 1.92. The number of amides is 1. The van der Waals surface area contributed by atoms with E-state index >= 15 is 0 Å². The van der Waals surface area contributed by atoms with E-state index in [4.69, 9.17) is 11.5 Å². The number of rotatable bonds is 1. The highest BCUT2D eigenvalue weighted by molar-refractivity contribution is 5.83. The maximum absolute atomic E-state index is 12.6. The third kappa shape index (κ3) is 2.80. The smallest absolute Gasteiger partial charge is 0.240 e. The molecule has 4 N–H and O–H groups in total. The minimum absolute atomic E-state index is 0.0260. The molecule has 0 saturated heterocycles. The topological polar surface area (TPSA) is 72.3 Å². The summed E-state index contributed by atoms with van der Waals surface area (Å²) in [6.45, 7) is 8.67. The highest BCUT2D eigenvalue weighted by Crippen LogP contribution is 2.27. The number of carbonyl (C=O) groups is 1. The van der Waals surface area contributed by atoms with Crippen molar-refractivity contribution in [1.82, 2.24) is 4.90 Å². The summed E-state index contributed by atoms with van der Waals surface area (Å²) in [5.41, 5.74) is 14.9. The molecule has 110 valence electrons. The maximum Gasteiger partial charge on any atom is 0.240 e. The molecule has 1 aliphatic heterocycles. The van der Waals surface area contributed by atoms with Crippen molar-refractivity contribution in [3.8, 4) is 0 Å². The maximum atomic E-state index is 12.6. The third-order valence-electron chi connectivity index (χ3n) is 4.10. The van der Waals surface area contributed by atoms with Gasteiger partial charge in [0.2, 0.25) is 5.91 Å². The van der Waals surface area contributed by atoms with Crippen LogP contribution in [0.4, 0.5) is 5.69 Å². The quantitative estimate of drug-likeness (QED) is 0.769. The van der Waals surface area contributed by atoms with E-state index in [2.05, 4.69) is 13.0 Å². The minimum Gasteiger partial charge on any atom is -0.399 e. The molecule has 4 heteroatoms. The number of anilines is 1. The molecule has 1 amide bonds. The molecule has 1 heterocycles. The minimum atomic E-state index is -0.479. The normalized spacial score (nSPS) is 20.4. The van der Waals surface area contributed by atoms with Gasteiger partial charge in [-0.15, -0.1) is 0 Å². The first-order valence-corrected chi connectivity index (χ1v) is 7.13. The molecular weight excluding hydrogens is 250 g/mol. The molecule has 2 atom stereocenters. The summed E-state index contributed by atoms with van der Waals surface area (Å²) < 4.78 is 0. The highest BCUT2D eigenvalue weighted by atomic mass is 16.2. The Bertz CT molecular complexity index is 519. The van der Waals surface area contributed by atoms with Gasteiger partial charge in [-0.2, -0.15) is 0 Å². The molecule has 2 unspecified atom stereocenters. The lowest BCUT2D eigenvalue weighted by Crippen LogP contribution is -2.54. The average molecular weight is 275 g/mol. The Morgan fingerprint density at radius 1 is 1.35 bits per heavy atom. The van der Waals surface area contributed by atoms with E-state index in [0.29, 0.717) is 6.54 Å². The zero-order valence-electron chi connectivity index (χ0n) is 12.8. The Kier molecular flexibility index (Phi) is 3.78. The van der Waals surface area contributed by atoms with Crippen LogP contribution in [0.25, 0.3) is 0 Å². The Morgan fingerprint density at radius 3 is 2.60 bits per heavy atom. The second-order valence-corrected chi connectivity index (χ2v) is 6.89. The Balaban J connectivity index is 2.24. The van der Waals surface area contributed by atoms with Gasteiger partial charge in [-0.3, -0.25) is 4.79 Å².